The van der Waals surface area contributed by atoms with Gasteiger partial charge in [0.15, 0.2) is 0 Å². The average molecular weight is 493 g/mol. The molecule has 0 amide bonds. The molecule has 1 aliphatic carbocycles. The van der Waals surface area contributed by atoms with E-state index in [0.717, 1.165) is 12.8 Å². The van der Waals surface area contributed by atoms with Crippen LogP contribution in [0, 0.1) is 27.7 Å². The van der Waals surface area contributed by atoms with Crippen LogP contribution in [0.5, 0.6) is 0 Å². The van der Waals surface area contributed by atoms with Crippen LogP contribution in [-0.4, -0.2) is 0 Å². The highest BCUT2D eigenvalue weighted by molar-refractivity contribution is 5.60. The van der Waals surface area contributed by atoms with Crippen molar-refractivity contribution in [3.8, 4) is 0 Å². The molecule has 0 bridgehead atoms. The van der Waals surface area contributed by atoms with Crippen LogP contribution < -0.4 is 0 Å². The monoisotopic (exact) mass is 492 g/mol. The molecule has 1 unspecified atom stereocenters. The molecule has 38 heavy (non-hydrogen) atoms. The van der Waals surface area contributed by atoms with Crippen LogP contribution in [0.3, 0.4) is 0 Å². The van der Waals surface area contributed by atoms with E-state index in [4.69, 9.17) is 0 Å². The van der Waals surface area contributed by atoms with E-state index in [1.165, 1.54) is 66.8 Å². The zero-order chi connectivity index (χ0) is 26.2. The quantitative estimate of drug-likeness (QED) is 0.225. The van der Waals surface area contributed by atoms with Crippen LogP contribution in [0.15, 0.2) is 109 Å². The highest BCUT2D eigenvalue weighted by atomic mass is 14.3. The molecule has 0 heteroatoms. The molecule has 0 aromatic heterocycles. The topological polar surface area (TPSA) is 0 Å². The summed E-state index contributed by atoms with van der Waals surface area (Å²) in [6.07, 6.45) is 2.02. The molecule has 188 valence electrons. The summed E-state index contributed by atoms with van der Waals surface area (Å²) in [7, 11) is 0. The van der Waals surface area contributed by atoms with Gasteiger partial charge in [-0.2, -0.15) is 0 Å². The Morgan fingerprint density at radius 2 is 1.08 bits per heavy atom. The highest BCUT2D eigenvalue weighted by Crippen LogP contribution is 2.45. The normalized spacial score (nSPS) is 13.6. The molecule has 0 saturated heterocycles. The van der Waals surface area contributed by atoms with Gasteiger partial charge in [-0.25, -0.2) is 0 Å². The molecule has 0 heterocycles. The first-order valence-corrected chi connectivity index (χ1v) is 13.9. The Morgan fingerprint density at radius 1 is 0.579 bits per heavy atom. The van der Waals surface area contributed by atoms with Gasteiger partial charge in [-0.15, -0.1) is 0 Å². The lowest BCUT2D eigenvalue weighted by Gasteiger charge is -2.33. The Kier molecular flexibility index (Phi) is 6.50. The van der Waals surface area contributed by atoms with Gasteiger partial charge in [0.25, 0.3) is 0 Å². The summed E-state index contributed by atoms with van der Waals surface area (Å²) >= 11 is 0. The Bertz CT molecular complexity index is 1520. The van der Waals surface area contributed by atoms with Crippen molar-refractivity contribution in [3.63, 3.8) is 0 Å². The first-order valence-electron chi connectivity index (χ1n) is 13.9. The van der Waals surface area contributed by atoms with Crippen LogP contribution in [0.2, 0.25) is 0 Å². The molecule has 0 N–H and O–H groups in total. The Labute approximate surface area is 228 Å². The number of hydrogen-bond donors (Lipinski definition) is 0. The second-order valence-electron chi connectivity index (χ2n) is 11.2. The molecular weight excluding hydrogens is 456 g/mol. The van der Waals surface area contributed by atoms with Crippen molar-refractivity contribution in [1.82, 2.24) is 0 Å². The molecule has 6 rings (SSSR count). The summed E-state index contributed by atoms with van der Waals surface area (Å²) in [5.41, 5.74) is 17.0. The predicted octanol–water partition coefficient (Wildman–Crippen LogP) is 9.38. The van der Waals surface area contributed by atoms with Gasteiger partial charge in [0.2, 0.25) is 0 Å². The number of hydrogen-bond acceptors (Lipinski definition) is 0. The van der Waals surface area contributed by atoms with Crippen molar-refractivity contribution < 1.29 is 0 Å². The largest absolute Gasteiger partial charge is 0.0622 e. The summed E-state index contributed by atoms with van der Waals surface area (Å²) in [4.78, 5) is 0. The summed E-state index contributed by atoms with van der Waals surface area (Å²) in [6, 6.07) is 41.0. The molecule has 5 aromatic carbocycles. The standard InChI is InChI=1S/C38H36/c1-25-19-27(3)36-33(21-25)24-34-22-26(2)20-28(4)37(34)38(36)32-17-15-31(16-18-32)35(30-13-9-6-10-14-30)23-29-11-7-5-8-12-29/h5-22,35,38H,23-24H2,1-4H3. The molecule has 0 nitrogen and oxygen atoms in total. The third kappa shape index (κ3) is 4.61. The third-order valence-electron chi connectivity index (χ3n) is 8.35. The van der Waals surface area contributed by atoms with Crippen molar-refractivity contribution in [3.05, 3.63) is 176 Å². The lowest BCUT2D eigenvalue weighted by atomic mass is 9.71. The minimum atomic E-state index is 0.272. The predicted molar refractivity (Wildman–Crippen MR) is 160 cm³/mol. The molecule has 0 spiro atoms. The lowest BCUT2D eigenvalue weighted by molar-refractivity contribution is 0.801. The molecule has 0 aliphatic heterocycles. The first kappa shape index (κ1) is 24.4. The van der Waals surface area contributed by atoms with E-state index in [1.54, 1.807) is 0 Å². The van der Waals surface area contributed by atoms with Crippen LogP contribution >= 0.6 is 0 Å². The smallest absolute Gasteiger partial charge is 0.0350 e. The average Bonchev–Trinajstić information content (AvgIpc) is 2.91. The van der Waals surface area contributed by atoms with Crippen molar-refractivity contribution in [2.45, 2.75) is 52.4 Å². The van der Waals surface area contributed by atoms with E-state index in [1.807, 2.05) is 0 Å². The Balaban J connectivity index is 1.45. The maximum atomic E-state index is 2.41. The van der Waals surface area contributed by atoms with Crippen LogP contribution in [-0.2, 0) is 12.8 Å². The van der Waals surface area contributed by atoms with Gasteiger partial charge < -0.3 is 0 Å². The third-order valence-corrected chi connectivity index (χ3v) is 8.35. The fourth-order valence-electron chi connectivity index (χ4n) is 6.82. The maximum absolute atomic E-state index is 2.41. The number of rotatable bonds is 5. The summed E-state index contributed by atoms with van der Waals surface area (Å²) in [6.45, 7) is 9.05. The van der Waals surface area contributed by atoms with Gasteiger partial charge in [-0.1, -0.05) is 120 Å². The highest BCUT2D eigenvalue weighted by Gasteiger charge is 2.30. The number of aryl methyl sites for hydroxylation is 4. The maximum Gasteiger partial charge on any atom is 0.0350 e. The van der Waals surface area contributed by atoms with Gasteiger partial charge >= 0.3 is 0 Å². The Morgan fingerprint density at radius 3 is 1.63 bits per heavy atom. The number of benzene rings is 5. The molecule has 0 fully saturated rings. The van der Waals surface area contributed by atoms with E-state index in [-0.39, 0.29) is 5.92 Å². The second-order valence-corrected chi connectivity index (χ2v) is 11.2. The van der Waals surface area contributed by atoms with Crippen LogP contribution in [0.1, 0.15) is 78.6 Å². The summed E-state index contributed by atoms with van der Waals surface area (Å²) < 4.78 is 0. The minimum Gasteiger partial charge on any atom is -0.0622 e. The lowest BCUT2D eigenvalue weighted by Crippen LogP contribution is -2.18. The Hall–Kier alpha value is -3.90. The van der Waals surface area contributed by atoms with Crippen molar-refractivity contribution >= 4 is 0 Å². The van der Waals surface area contributed by atoms with Crippen molar-refractivity contribution in [1.29, 1.82) is 0 Å². The molecule has 1 atom stereocenters. The van der Waals surface area contributed by atoms with E-state index in [2.05, 4.69) is 137 Å². The first-order chi connectivity index (χ1) is 18.5. The van der Waals surface area contributed by atoms with Crippen LogP contribution in [0.4, 0.5) is 0 Å². The summed E-state index contributed by atoms with van der Waals surface area (Å²) in [5.74, 6) is 0.598. The molecule has 0 radical (unpaired) electrons. The SMILES string of the molecule is Cc1cc(C)c2c(c1)Cc1cc(C)cc(C)c1C2c1ccc(C(Cc2ccccc2)c2ccccc2)cc1. The zero-order valence-electron chi connectivity index (χ0n) is 23.0. The summed E-state index contributed by atoms with van der Waals surface area (Å²) in [5, 5.41) is 0. The van der Waals surface area contributed by atoms with Gasteiger partial charge in [0.1, 0.15) is 0 Å². The minimum absolute atomic E-state index is 0.272. The van der Waals surface area contributed by atoms with Crippen molar-refractivity contribution in [2.75, 3.05) is 0 Å². The molecular formula is C38H36. The van der Waals surface area contributed by atoms with E-state index >= 15 is 0 Å². The van der Waals surface area contributed by atoms with E-state index in [9.17, 15) is 0 Å². The van der Waals surface area contributed by atoms with Crippen LogP contribution in [0.25, 0.3) is 0 Å². The second kappa shape index (κ2) is 10.1. The van der Waals surface area contributed by atoms with E-state index in [0.29, 0.717) is 5.92 Å². The van der Waals surface area contributed by atoms with Gasteiger partial charge in [0, 0.05) is 11.8 Å². The zero-order valence-corrected chi connectivity index (χ0v) is 23.0. The number of fused-ring (bicyclic) bond motifs is 2. The van der Waals surface area contributed by atoms with E-state index < -0.39 is 0 Å². The fraction of sp³-hybridized carbons (Fsp3) is 0.211. The van der Waals surface area contributed by atoms with Crippen molar-refractivity contribution in [2.24, 2.45) is 0 Å². The van der Waals surface area contributed by atoms with Gasteiger partial charge in [-0.05, 0) is 96.2 Å². The molecule has 0 saturated carbocycles. The molecule has 5 aromatic rings. The fourth-order valence-corrected chi connectivity index (χ4v) is 6.82. The van der Waals surface area contributed by atoms with Gasteiger partial charge in [-0.3, -0.25) is 0 Å². The molecule has 1 aliphatic rings. The van der Waals surface area contributed by atoms with Gasteiger partial charge in [0.05, 0.1) is 0 Å².